The van der Waals surface area contributed by atoms with Gasteiger partial charge in [0.15, 0.2) is 5.13 Å². The number of nitrogens with one attached hydrogen (secondary N) is 1. The maximum atomic E-state index is 12.9. The number of anilines is 1. The SMILES string of the molecule is CCOc1ccc(-c2csc(NC(=O)C3CCCN(S(=O)(=O)c4ccc(Cl)s4)C3)n2)cc1. The third-order valence-electron chi connectivity index (χ3n) is 5.09. The Hall–Kier alpha value is -1.98. The highest BCUT2D eigenvalue weighted by atomic mass is 35.5. The lowest BCUT2D eigenvalue weighted by Gasteiger charge is -2.30. The molecule has 1 atom stereocenters. The van der Waals surface area contributed by atoms with E-state index >= 15 is 0 Å². The number of thiophene rings is 1. The highest BCUT2D eigenvalue weighted by Crippen LogP contribution is 2.31. The van der Waals surface area contributed by atoms with Crippen LogP contribution in [0.4, 0.5) is 5.13 Å². The van der Waals surface area contributed by atoms with Crippen LogP contribution in [0.3, 0.4) is 0 Å². The second-order valence-corrected chi connectivity index (χ2v) is 12.0. The van der Waals surface area contributed by atoms with Gasteiger partial charge >= 0.3 is 0 Å². The van der Waals surface area contributed by atoms with E-state index in [0.717, 1.165) is 28.3 Å². The number of ether oxygens (including phenoxy) is 1. The molecule has 7 nitrogen and oxygen atoms in total. The summed E-state index contributed by atoms with van der Waals surface area (Å²) in [6.45, 7) is 3.07. The standard InChI is InChI=1S/C21H22ClN3O4S3/c1-2-29-16-7-5-14(6-8-16)17-13-30-21(23-17)24-20(26)15-4-3-11-25(12-15)32(27,28)19-10-9-18(22)31-19/h5-10,13,15H,2-4,11-12H2,1H3,(H,23,24,26). The van der Waals surface area contributed by atoms with Crippen molar-refractivity contribution in [1.29, 1.82) is 0 Å². The molecule has 1 unspecified atom stereocenters. The van der Waals surface area contributed by atoms with Gasteiger partial charge in [-0.25, -0.2) is 13.4 Å². The van der Waals surface area contributed by atoms with Gasteiger partial charge in [-0.1, -0.05) is 11.6 Å². The summed E-state index contributed by atoms with van der Waals surface area (Å²) in [6.07, 6.45) is 1.24. The summed E-state index contributed by atoms with van der Waals surface area (Å²) in [5.41, 5.74) is 1.69. The van der Waals surface area contributed by atoms with Gasteiger partial charge in [0.05, 0.1) is 22.6 Å². The number of halogens is 1. The summed E-state index contributed by atoms with van der Waals surface area (Å²) in [6, 6.07) is 10.7. The van der Waals surface area contributed by atoms with Gasteiger partial charge in [0.25, 0.3) is 10.0 Å². The molecule has 170 valence electrons. The summed E-state index contributed by atoms with van der Waals surface area (Å²) in [5, 5.41) is 5.22. The number of amides is 1. The number of rotatable bonds is 7. The Morgan fingerprint density at radius 2 is 2.06 bits per heavy atom. The van der Waals surface area contributed by atoms with Crippen LogP contribution in [0, 0.1) is 5.92 Å². The van der Waals surface area contributed by atoms with Crippen molar-refractivity contribution in [2.75, 3.05) is 25.0 Å². The van der Waals surface area contributed by atoms with E-state index in [9.17, 15) is 13.2 Å². The number of nitrogens with zero attached hydrogens (tertiary/aromatic N) is 2. The van der Waals surface area contributed by atoms with E-state index < -0.39 is 15.9 Å². The average molecular weight is 512 g/mol. The number of piperidine rings is 1. The monoisotopic (exact) mass is 511 g/mol. The molecule has 32 heavy (non-hydrogen) atoms. The van der Waals surface area contributed by atoms with Crippen molar-refractivity contribution in [3.8, 4) is 17.0 Å². The zero-order valence-electron chi connectivity index (χ0n) is 17.3. The van der Waals surface area contributed by atoms with Crippen LogP contribution in [-0.4, -0.2) is 43.3 Å². The fourth-order valence-electron chi connectivity index (χ4n) is 3.50. The maximum Gasteiger partial charge on any atom is 0.252 e. The summed E-state index contributed by atoms with van der Waals surface area (Å²) < 4.78 is 33.2. The number of benzene rings is 1. The van der Waals surface area contributed by atoms with Gasteiger partial charge in [0.1, 0.15) is 9.96 Å². The van der Waals surface area contributed by atoms with Crippen molar-refractivity contribution in [3.05, 3.63) is 46.1 Å². The van der Waals surface area contributed by atoms with Crippen molar-refractivity contribution in [2.24, 2.45) is 5.92 Å². The maximum absolute atomic E-state index is 12.9. The molecule has 1 amide bonds. The Morgan fingerprint density at radius 1 is 1.28 bits per heavy atom. The van der Waals surface area contributed by atoms with E-state index in [1.807, 2.05) is 36.6 Å². The molecule has 1 fully saturated rings. The van der Waals surface area contributed by atoms with Gasteiger partial charge in [-0.3, -0.25) is 4.79 Å². The third-order valence-corrected chi connectivity index (χ3v) is 9.41. The van der Waals surface area contributed by atoms with Crippen LogP contribution in [0.15, 0.2) is 46.0 Å². The molecule has 0 saturated carbocycles. The van der Waals surface area contributed by atoms with Crippen LogP contribution in [0.5, 0.6) is 5.75 Å². The Labute approximate surface area is 200 Å². The first-order chi connectivity index (χ1) is 15.4. The Bertz CT molecular complexity index is 1190. The number of hydrogen-bond donors (Lipinski definition) is 1. The second kappa shape index (κ2) is 9.88. The fraction of sp³-hybridized carbons (Fsp3) is 0.333. The quantitative estimate of drug-likeness (QED) is 0.484. The van der Waals surface area contributed by atoms with Gasteiger partial charge in [-0.05, 0) is 56.2 Å². The molecule has 0 spiro atoms. The number of aromatic nitrogens is 1. The van der Waals surface area contributed by atoms with Crippen LogP contribution in [0.2, 0.25) is 4.34 Å². The highest BCUT2D eigenvalue weighted by Gasteiger charge is 2.34. The first kappa shape index (κ1) is 23.2. The minimum absolute atomic E-state index is 0.140. The molecule has 11 heteroatoms. The smallest absolute Gasteiger partial charge is 0.252 e. The molecule has 1 N–H and O–H groups in total. The summed E-state index contributed by atoms with van der Waals surface area (Å²) in [5.74, 6) is 0.134. The van der Waals surface area contributed by atoms with E-state index in [1.54, 1.807) is 6.07 Å². The van der Waals surface area contributed by atoms with Crippen molar-refractivity contribution in [1.82, 2.24) is 9.29 Å². The lowest BCUT2D eigenvalue weighted by molar-refractivity contribution is -0.120. The molecule has 4 rings (SSSR count). The predicted octanol–water partition coefficient (Wildman–Crippen LogP) is 4.96. The molecule has 1 aliphatic rings. The molecular formula is C21H22ClN3O4S3. The predicted molar refractivity (Wildman–Crippen MR) is 128 cm³/mol. The lowest BCUT2D eigenvalue weighted by atomic mass is 9.99. The van der Waals surface area contributed by atoms with Gasteiger partial charge in [-0.2, -0.15) is 4.31 Å². The first-order valence-corrected chi connectivity index (χ1v) is 13.6. The topological polar surface area (TPSA) is 88.6 Å². The van der Waals surface area contributed by atoms with E-state index in [-0.39, 0.29) is 16.7 Å². The zero-order chi connectivity index (χ0) is 22.7. The molecule has 1 aromatic carbocycles. The second-order valence-electron chi connectivity index (χ2n) is 7.25. The van der Waals surface area contributed by atoms with Gasteiger partial charge in [0, 0.05) is 24.0 Å². The number of thiazole rings is 1. The molecule has 0 bridgehead atoms. The molecule has 3 heterocycles. The van der Waals surface area contributed by atoms with Gasteiger partial charge < -0.3 is 10.1 Å². The van der Waals surface area contributed by atoms with E-state index in [0.29, 0.717) is 35.5 Å². The third kappa shape index (κ3) is 5.15. The zero-order valence-corrected chi connectivity index (χ0v) is 20.5. The van der Waals surface area contributed by atoms with Crippen LogP contribution in [-0.2, 0) is 14.8 Å². The van der Waals surface area contributed by atoms with E-state index in [2.05, 4.69) is 10.3 Å². The first-order valence-electron chi connectivity index (χ1n) is 10.1. The fourth-order valence-corrected chi connectivity index (χ4v) is 7.38. The number of hydrogen-bond acceptors (Lipinski definition) is 7. The number of carbonyl (C=O) groups is 1. The summed E-state index contributed by atoms with van der Waals surface area (Å²) >= 11 is 8.26. The van der Waals surface area contributed by atoms with Gasteiger partial charge in [-0.15, -0.1) is 22.7 Å². The normalized spacial score (nSPS) is 17.2. The van der Waals surface area contributed by atoms with Crippen molar-refractivity contribution < 1.29 is 17.9 Å². The molecule has 3 aromatic rings. The van der Waals surface area contributed by atoms with Crippen LogP contribution in [0.1, 0.15) is 19.8 Å². The number of sulfonamides is 1. The van der Waals surface area contributed by atoms with Crippen molar-refractivity contribution in [3.63, 3.8) is 0 Å². The summed E-state index contributed by atoms with van der Waals surface area (Å²) in [7, 11) is -3.66. The van der Waals surface area contributed by atoms with Gasteiger partial charge in [0.2, 0.25) is 5.91 Å². The molecule has 1 aliphatic heterocycles. The Kier molecular flexibility index (Phi) is 7.16. The molecule has 0 radical (unpaired) electrons. The minimum Gasteiger partial charge on any atom is -0.494 e. The molecular weight excluding hydrogens is 490 g/mol. The van der Waals surface area contributed by atoms with E-state index in [1.165, 1.54) is 21.7 Å². The lowest BCUT2D eigenvalue weighted by Crippen LogP contribution is -2.43. The summed E-state index contributed by atoms with van der Waals surface area (Å²) in [4.78, 5) is 17.4. The highest BCUT2D eigenvalue weighted by molar-refractivity contribution is 7.91. The molecule has 2 aromatic heterocycles. The Balaban J connectivity index is 1.41. The van der Waals surface area contributed by atoms with Crippen LogP contribution >= 0.6 is 34.3 Å². The van der Waals surface area contributed by atoms with Crippen LogP contribution < -0.4 is 10.1 Å². The number of carbonyl (C=O) groups excluding carboxylic acids is 1. The molecule has 1 saturated heterocycles. The van der Waals surface area contributed by atoms with Crippen LogP contribution in [0.25, 0.3) is 11.3 Å². The largest absolute Gasteiger partial charge is 0.494 e. The van der Waals surface area contributed by atoms with E-state index in [4.69, 9.17) is 16.3 Å². The molecule has 0 aliphatic carbocycles. The average Bonchev–Trinajstić information content (AvgIpc) is 3.44. The minimum atomic E-state index is -3.66. The van der Waals surface area contributed by atoms with Crippen molar-refractivity contribution in [2.45, 2.75) is 24.0 Å². The van der Waals surface area contributed by atoms with Crippen molar-refractivity contribution >= 4 is 55.3 Å². The Morgan fingerprint density at radius 3 is 2.75 bits per heavy atom.